The molecule has 1 atom stereocenters. The Balaban J connectivity index is 2.04. The second-order valence-electron chi connectivity index (χ2n) is 4.85. The summed E-state index contributed by atoms with van der Waals surface area (Å²) in [6.45, 7) is 2.75. The number of methoxy groups -OCH3 is 1. The Labute approximate surface area is 114 Å². The van der Waals surface area contributed by atoms with Crippen molar-refractivity contribution in [2.24, 2.45) is 11.7 Å². The van der Waals surface area contributed by atoms with Crippen LogP contribution in [0.4, 0.5) is 0 Å². The van der Waals surface area contributed by atoms with E-state index >= 15 is 0 Å². The number of nitrogens with two attached hydrogens (primary N) is 1. The predicted molar refractivity (Wildman–Crippen MR) is 74.3 cm³/mol. The highest BCUT2D eigenvalue weighted by Gasteiger charge is 2.24. The molecule has 2 N–H and O–H groups in total. The van der Waals surface area contributed by atoms with Gasteiger partial charge in [0.05, 0.1) is 6.61 Å². The fourth-order valence-electron chi connectivity index (χ4n) is 2.45. The Morgan fingerprint density at radius 2 is 2.00 bits per heavy atom. The second-order valence-corrected chi connectivity index (χ2v) is 4.85. The molecule has 1 saturated heterocycles. The van der Waals surface area contributed by atoms with E-state index in [9.17, 15) is 0 Å². The Kier molecular flexibility index (Phi) is 5.63. The van der Waals surface area contributed by atoms with E-state index in [0.717, 1.165) is 37.4 Å². The molecular weight excluding hydrogens is 242 g/mol. The standard InChI is InChI=1S/C15H23NO3/c1-17-10-11-19-14-5-3-2-4-13(14)15(16)12-6-8-18-9-7-12/h2-5,12,15H,6-11,16H2,1H3. The molecule has 0 saturated carbocycles. The number of hydrogen-bond acceptors (Lipinski definition) is 4. The van der Waals surface area contributed by atoms with E-state index in [1.165, 1.54) is 0 Å². The van der Waals surface area contributed by atoms with Crippen LogP contribution in [0.15, 0.2) is 24.3 Å². The molecule has 1 unspecified atom stereocenters. The van der Waals surface area contributed by atoms with Crippen molar-refractivity contribution in [1.29, 1.82) is 0 Å². The number of rotatable bonds is 6. The molecule has 1 aromatic carbocycles. The highest BCUT2D eigenvalue weighted by molar-refractivity contribution is 5.36. The van der Waals surface area contributed by atoms with Crippen molar-refractivity contribution in [2.45, 2.75) is 18.9 Å². The first-order valence-corrected chi connectivity index (χ1v) is 6.87. The SMILES string of the molecule is COCCOc1ccccc1C(N)C1CCOCC1. The zero-order valence-corrected chi connectivity index (χ0v) is 11.5. The monoisotopic (exact) mass is 265 g/mol. The molecule has 2 rings (SSSR count). The Hall–Kier alpha value is -1.10. The van der Waals surface area contributed by atoms with Gasteiger partial charge >= 0.3 is 0 Å². The van der Waals surface area contributed by atoms with E-state index in [1.54, 1.807) is 7.11 Å². The van der Waals surface area contributed by atoms with Crippen molar-refractivity contribution < 1.29 is 14.2 Å². The summed E-state index contributed by atoms with van der Waals surface area (Å²) in [4.78, 5) is 0. The number of ether oxygens (including phenoxy) is 3. The summed E-state index contributed by atoms with van der Waals surface area (Å²) in [5, 5.41) is 0. The maximum atomic E-state index is 6.41. The van der Waals surface area contributed by atoms with Gasteiger partial charge in [-0.15, -0.1) is 0 Å². The van der Waals surface area contributed by atoms with Crippen LogP contribution in [0.25, 0.3) is 0 Å². The lowest BCUT2D eigenvalue weighted by atomic mass is 9.87. The second kappa shape index (κ2) is 7.48. The smallest absolute Gasteiger partial charge is 0.124 e. The van der Waals surface area contributed by atoms with Crippen LogP contribution in [-0.4, -0.2) is 33.5 Å². The maximum Gasteiger partial charge on any atom is 0.124 e. The topological polar surface area (TPSA) is 53.7 Å². The molecule has 106 valence electrons. The normalized spacial score (nSPS) is 18.2. The van der Waals surface area contributed by atoms with E-state index in [2.05, 4.69) is 6.07 Å². The van der Waals surface area contributed by atoms with E-state index in [-0.39, 0.29) is 6.04 Å². The van der Waals surface area contributed by atoms with Gasteiger partial charge < -0.3 is 19.9 Å². The largest absolute Gasteiger partial charge is 0.491 e. The van der Waals surface area contributed by atoms with Crippen LogP contribution >= 0.6 is 0 Å². The minimum atomic E-state index is 0.0163. The molecule has 1 aliphatic heterocycles. The fraction of sp³-hybridized carbons (Fsp3) is 0.600. The molecule has 1 aromatic rings. The van der Waals surface area contributed by atoms with Gasteiger partial charge in [-0.1, -0.05) is 18.2 Å². The molecule has 0 aliphatic carbocycles. The third-order valence-electron chi connectivity index (χ3n) is 3.60. The predicted octanol–water partition coefficient (Wildman–Crippen LogP) is 2.14. The van der Waals surface area contributed by atoms with E-state index in [1.807, 2.05) is 18.2 Å². The molecule has 4 heteroatoms. The molecule has 4 nitrogen and oxygen atoms in total. The van der Waals surface area contributed by atoms with Gasteiger partial charge in [0.15, 0.2) is 0 Å². The van der Waals surface area contributed by atoms with Gasteiger partial charge in [-0.2, -0.15) is 0 Å². The van der Waals surface area contributed by atoms with Gasteiger partial charge in [-0.25, -0.2) is 0 Å². The minimum absolute atomic E-state index is 0.0163. The van der Waals surface area contributed by atoms with Gasteiger partial charge in [0, 0.05) is 31.9 Å². The lowest BCUT2D eigenvalue weighted by Crippen LogP contribution is -2.28. The number of benzene rings is 1. The van der Waals surface area contributed by atoms with Crippen LogP contribution in [0.3, 0.4) is 0 Å². The van der Waals surface area contributed by atoms with Crippen molar-refractivity contribution in [3.63, 3.8) is 0 Å². The van der Waals surface area contributed by atoms with Crippen LogP contribution in [0.1, 0.15) is 24.4 Å². The van der Waals surface area contributed by atoms with E-state index < -0.39 is 0 Å². The first-order valence-electron chi connectivity index (χ1n) is 6.87. The van der Waals surface area contributed by atoms with E-state index in [0.29, 0.717) is 19.1 Å². The first kappa shape index (κ1) is 14.3. The third kappa shape index (κ3) is 3.93. The zero-order valence-electron chi connectivity index (χ0n) is 11.5. The van der Waals surface area contributed by atoms with Gasteiger partial charge in [0.1, 0.15) is 12.4 Å². The molecule has 1 heterocycles. The number of hydrogen-bond donors (Lipinski definition) is 1. The summed E-state index contributed by atoms with van der Waals surface area (Å²) in [7, 11) is 1.67. The number of para-hydroxylation sites is 1. The average Bonchev–Trinajstić information content (AvgIpc) is 2.48. The van der Waals surface area contributed by atoms with Gasteiger partial charge in [-0.05, 0) is 24.8 Å². The summed E-state index contributed by atoms with van der Waals surface area (Å²) < 4.78 is 16.2. The highest BCUT2D eigenvalue weighted by Crippen LogP contribution is 2.33. The van der Waals surface area contributed by atoms with Crippen LogP contribution < -0.4 is 10.5 Å². The van der Waals surface area contributed by atoms with Crippen molar-refractivity contribution >= 4 is 0 Å². The lowest BCUT2D eigenvalue weighted by molar-refractivity contribution is 0.0579. The quantitative estimate of drug-likeness (QED) is 0.801. The van der Waals surface area contributed by atoms with Crippen LogP contribution in [0, 0.1) is 5.92 Å². The molecule has 19 heavy (non-hydrogen) atoms. The summed E-state index contributed by atoms with van der Waals surface area (Å²) in [5.41, 5.74) is 7.50. The van der Waals surface area contributed by atoms with Crippen molar-refractivity contribution in [1.82, 2.24) is 0 Å². The van der Waals surface area contributed by atoms with Crippen LogP contribution in [-0.2, 0) is 9.47 Å². The molecule has 1 fully saturated rings. The summed E-state index contributed by atoms with van der Waals surface area (Å²) >= 11 is 0. The van der Waals surface area contributed by atoms with Gasteiger partial charge in [-0.3, -0.25) is 0 Å². The minimum Gasteiger partial charge on any atom is -0.491 e. The van der Waals surface area contributed by atoms with Crippen molar-refractivity contribution in [3.05, 3.63) is 29.8 Å². The molecular formula is C15H23NO3. The fourth-order valence-corrected chi connectivity index (χ4v) is 2.45. The molecule has 0 amide bonds. The highest BCUT2D eigenvalue weighted by atomic mass is 16.5. The van der Waals surface area contributed by atoms with E-state index in [4.69, 9.17) is 19.9 Å². The Bertz CT molecular complexity index is 377. The average molecular weight is 265 g/mol. The zero-order chi connectivity index (χ0) is 13.5. The molecule has 1 aliphatic rings. The summed E-state index contributed by atoms with van der Waals surface area (Å²) in [6, 6.07) is 8.04. The molecule has 0 bridgehead atoms. The maximum absolute atomic E-state index is 6.41. The summed E-state index contributed by atoms with van der Waals surface area (Å²) in [6.07, 6.45) is 2.04. The van der Waals surface area contributed by atoms with Crippen molar-refractivity contribution in [3.8, 4) is 5.75 Å². The first-order chi connectivity index (χ1) is 9.33. The molecule has 0 spiro atoms. The molecule has 0 radical (unpaired) electrons. The Morgan fingerprint density at radius 3 is 2.74 bits per heavy atom. The summed E-state index contributed by atoms with van der Waals surface area (Å²) in [5.74, 6) is 1.35. The third-order valence-corrected chi connectivity index (χ3v) is 3.60. The van der Waals surface area contributed by atoms with Gasteiger partial charge in [0.25, 0.3) is 0 Å². The van der Waals surface area contributed by atoms with Crippen molar-refractivity contribution in [2.75, 3.05) is 33.5 Å². The van der Waals surface area contributed by atoms with Crippen LogP contribution in [0.2, 0.25) is 0 Å². The Morgan fingerprint density at radius 1 is 1.26 bits per heavy atom. The van der Waals surface area contributed by atoms with Crippen LogP contribution in [0.5, 0.6) is 5.75 Å². The molecule has 0 aromatic heterocycles. The van der Waals surface area contributed by atoms with Gasteiger partial charge in [0.2, 0.25) is 0 Å². The lowest BCUT2D eigenvalue weighted by Gasteiger charge is -2.28.